The Morgan fingerprint density at radius 1 is 1.24 bits per heavy atom. The van der Waals surface area contributed by atoms with Gasteiger partial charge in [-0.1, -0.05) is 30.0 Å². The van der Waals surface area contributed by atoms with Crippen LogP contribution in [0.15, 0.2) is 71.7 Å². The molecule has 3 aliphatic rings. The van der Waals surface area contributed by atoms with Gasteiger partial charge in [-0.3, -0.25) is 24.2 Å². The highest BCUT2D eigenvalue weighted by Crippen LogP contribution is 2.28. The quantitative estimate of drug-likeness (QED) is 0.461. The largest absolute Gasteiger partial charge is 0.377 e. The zero-order valence-electron chi connectivity index (χ0n) is 20.7. The van der Waals surface area contributed by atoms with Crippen LogP contribution in [0.4, 0.5) is 16.0 Å². The lowest BCUT2D eigenvalue weighted by Crippen LogP contribution is -2.53. The molecule has 4 heterocycles. The first-order valence-corrected chi connectivity index (χ1v) is 12.4. The fraction of sp³-hybridized carbons (Fsp3) is 0.296. The van der Waals surface area contributed by atoms with Crippen molar-refractivity contribution in [2.24, 2.45) is 4.99 Å². The number of pyridine rings is 1. The molecule has 196 valence electrons. The molecule has 0 bridgehead atoms. The van der Waals surface area contributed by atoms with Gasteiger partial charge >= 0.3 is 0 Å². The third kappa shape index (κ3) is 6.21. The van der Waals surface area contributed by atoms with Crippen molar-refractivity contribution in [1.29, 1.82) is 0 Å². The average Bonchev–Trinajstić information content (AvgIpc) is 3.07. The number of amides is 1. The number of rotatable bonds is 8. The van der Waals surface area contributed by atoms with Crippen LogP contribution >= 0.6 is 0 Å². The Morgan fingerprint density at radius 2 is 2.11 bits per heavy atom. The van der Waals surface area contributed by atoms with Crippen LogP contribution < -0.4 is 10.6 Å². The van der Waals surface area contributed by atoms with E-state index in [0.717, 1.165) is 0 Å². The number of carbonyl (C=O) groups excluding carboxylic acids is 1. The first kappa shape index (κ1) is 25.5. The number of aliphatic hydroxyl groups excluding tert-OH is 1. The monoisotopic (exact) mass is 516 g/mol. The van der Waals surface area contributed by atoms with Gasteiger partial charge in [0, 0.05) is 37.9 Å². The molecule has 11 heteroatoms. The summed E-state index contributed by atoms with van der Waals surface area (Å²) in [6.07, 6.45) is 12.7. The summed E-state index contributed by atoms with van der Waals surface area (Å²) in [4.78, 5) is 29.3. The second kappa shape index (κ2) is 11.9. The maximum Gasteiger partial charge on any atom is 0.239 e. The Bertz CT molecular complexity index is 1330. The van der Waals surface area contributed by atoms with Crippen molar-refractivity contribution in [3.8, 4) is 0 Å². The van der Waals surface area contributed by atoms with E-state index in [1.807, 2.05) is 15.9 Å². The highest BCUT2D eigenvalue weighted by molar-refractivity contribution is 5.91. The molecule has 3 N–H and O–H groups in total. The van der Waals surface area contributed by atoms with Gasteiger partial charge in [0.2, 0.25) is 5.91 Å². The van der Waals surface area contributed by atoms with Gasteiger partial charge in [-0.2, -0.15) is 0 Å². The molecule has 2 atom stereocenters. The van der Waals surface area contributed by atoms with E-state index in [1.165, 1.54) is 18.4 Å². The molecule has 2 aromatic heterocycles. The summed E-state index contributed by atoms with van der Waals surface area (Å²) in [6.45, 7) is 2.99. The normalized spacial score (nSPS) is 19.9. The number of allylic oxidation sites excluding steroid dienone is 6. The van der Waals surface area contributed by atoms with E-state index in [2.05, 4.69) is 31.3 Å². The number of carbonyl (C=O) groups is 1. The lowest BCUT2D eigenvalue weighted by atomic mass is 10.1. The van der Waals surface area contributed by atoms with Crippen molar-refractivity contribution in [2.75, 3.05) is 49.9 Å². The van der Waals surface area contributed by atoms with Crippen molar-refractivity contribution in [3.05, 3.63) is 78.2 Å². The third-order valence-electron chi connectivity index (χ3n) is 6.36. The molecular weight excluding hydrogens is 487 g/mol. The van der Waals surface area contributed by atoms with E-state index >= 15 is 0 Å². The van der Waals surface area contributed by atoms with Crippen LogP contribution in [0.25, 0.3) is 11.8 Å². The molecule has 1 amide bonds. The number of aliphatic imine (C=N–C) groups is 1. The number of alkyl halides is 1. The third-order valence-corrected chi connectivity index (χ3v) is 6.36. The Labute approximate surface area is 219 Å². The molecule has 0 radical (unpaired) electrons. The smallest absolute Gasteiger partial charge is 0.239 e. The van der Waals surface area contributed by atoms with Crippen LogP contribution in [0.3, 0.4) is 0 Å². The second-order valence-electron chi connectivity index (χ2n) is 8.99. The average molecular weight is 517 g/mol. The highest BCUT2D eigenvalue weighted by atomic mass is 19.1. The number of nitrogens with one attached hydrogen (secondary N) is 2. The Hall–Kier alpha value is -4.15. The van der Waals surface area contributed by atoms with E-state index in [4.69, 9.17) is 0 Å². The molecule has 1 saturated heterocycles. The Balaban J connectivity index is 1.20. The first-order valence-electron chi connectivity index (χ1n) is 12.4. The van der Waals surface area contributed by atoms with E-state index < -0.39 is 12.4 Å². The predicted molar refractivity (Wildman–Crippen MR) is 145 cm³/mol. The van der Waals surface area contributed by atoms with Gasteiger partial charge in [0.25, 0.3) is 0 Å². The molecule has 2 aromatic rings. The van der Waals surface area contributed by atoms with Crippen LogP contribution in [0.1, 0.15) is 11.5 Å². The minimum atomic E-state index is -1.23. The molecule has 2 aliphatic heterocycles. The van der Waals surface area contributed by atoms with Crippen LogP contribution in [0, 0.1) is 0 Å². The van der Waals surface area contributed by atoms with Crippen molar-refractivity contribution in [1.82, 2.24) is 24.3 Å². The number of imidazole rings is 1. The lowest BCUT2D eigenvalue weighted by Gasteiger charge is -2.37. The topological polar surface area (TPSA) is 111 Å². The van der Waals surface area contributed by atoms with Crippen molar-refractivity contribution in [3.63, 3.8) is 0 Å². The number of hydrogen-bond donors (Lipinski definition) is 3. The maximum atomic E-state index is 14.2. The van der Waals surface area contributed by atoms with Crippen molar-refractivity contribution >= 4 is 35.5 Å². The zero-order chi connectivity index (χ0) is 26.3. The van der Waals surface area contributed by atoms with Crippen molar-refractivity contribution < 1.29 is 14.3 Å². The highest BCUT2D eigenvalue weighted by Gasteiger charge is 2.25. The van der Waals surface area contributed by atoms with Gasteiger partial charge in [-0.15, -0.1) is 0 Å². The van der Waals surface area contributed by atoms with Crippen LogP contribution in [-0.4, -0.2) is 93.2 Å². The SMILES string of the molecule is O=C(CN1CCN(C(O)CNc2c(C3=CC(F)C=CC=C3)nc3n2C=C=CN=C3)CC1)Nc1ccccn1. The minimum absolute atomic E-state index is 0.119. The second-order valence-corrected chi connectivity index (χ2v) is 8.99. The van der Waals surface area contributed by atoms with Gasteiger partial charge < -0.3 is 15.7 Å². The van der Waals surface area contributed by atoms with E-state index in [0.29, 0.717) is 54.9 Å². The predicted octanol–water partition coefficient (Wildman–Crippen LogP) is 2.13. The molecule has 0 spiro atoms. The van der Waals surface area contributed by atoms with Crippen LogP contribution in [-0.2, 0) is 4.79 Å². The molecule has 5 rings (SSSR count). The summed E-state index contributed by atoms with van der Waals surface area (Å²) in [6, 6.07) is 5.36. The number of fused-ring (bicyclic) bond motifs is 1. The summed E-state index contributed by atoms with van der Waals surface area (Å²) in [5.41, 5.74) is 4.15. The summed E-state index contributed by atoms with van der Waals surface area (Å²) in [5, 5.41) is 17.1. The summed E-state index contributed by atoms with van der Waals surface area (Å²) in [7, 11) is 0. The first-order chi connectivity index (χ1) is 18.6. The number of nitrogens with zero attached hydrogens (tertiary/aromatic N) is 6. The van der Waals surface area contributed by atoms with Crippen LogP contribution in [0.2, 0.25) is 0 Å². The molecule has 38 heavy (non-hydrogen) atoms. The molecule has 1 fully saturated rings. The van der Waals surface area contributed by atoms with Crippen LogP contribution in [0.5, 0.6) is 0 Å². The van der Waals surface area contributed by atoms with Gasteiger partial charge in [-0.25, -0.2) is 14.4 Å². The van der Waals surface area contributed by atoms with E-state index in [-0.39, 0.29) is 19.0 Å². The fourth-order valence-electron chi connectivity index (χ4n) is 4.43. The maximum absolute atomic E-state index is 14.2. The number of hydrogen-bond acceptors (Lipinski definition) is 8. The standard InChI is InChI=1S/C27H29FN8O2/c28-21-7-2-1-6-20(16-21)26-27(36-11-5-9-29-17-23(36)33-26)31-18-25(38)35-14-12-34(13-15-35)19-24(37)32-22-8-3-4-10-30-22/h1-4,6-11,16-17,21,25,31,38H,12-15,18-19H2,(H,30,32,37). The summed E-state index contributed by atoms with van der Waals surface area (Å²) < 4.78 is 16.0. The van der Waals surface area contributed by atoms with Gasteiger partial charge in [0.1, 0.15) is 29.7 Å². The number of anilines is 2. The summed E-state index contributed by atoms with van der Waals surface area (Å²) in [5.74, 6) is 1.59. The number of aromatic nitrogens is 3. The lowest BCUT2D eigenvalue weighted by molar-refractivity contribution is -0.118. The molecule has 0 aromatic carbocycles. The minimum Gasteiger partial charge on any atom is -0.377 e. The van der Waals surface area contributed by atoms with Gasteiger partial charge in [0.05, 0.1) is 31.7 Å². The van der Waals surface area contributed by atoms with E-state index in [9.17, 15) is 14.3 Å². The number of aliphatic hydroxyl groups is 1. The molecule has 0 saturated carbocycles. The Kier molecular flexibility index (Phi) is 8.01. The molecule has 2 unspecified atom stereocenters. The van der Waals surface area contributed by atoms with E-state index in [1.54, 1.807) is 53.5 Å². The Morgan fingerprint density at radius 3 is 2.92 bits per heavy atom. The molecular formula is C27H29FN8O2. The van der Waals surface area contributed by atoms with Crippen molar-refractivity contribution in [2.45, 2.75) is 12.4 Å². The van der Waals surface area contributed by atoms with Gasteiger partial charge in [0.15, 0.2) is 5.82 Å². The number of halogens is 1. The zero-order valence-corrected chi connectivity index (χ0v) is 20.7. The molecule has 10 nitrogen and oxygen atoms in total. The fourth-order valence-corrected chi connectivity index (χ4v) is 4.43. The van der Waals surface area contributed by atoms with Gasteiger partial charge in [-0.05, 0) is 24.3 Å². The summed E-state index contributed by atoms with van der Waals surface area (Å²) >= 11 is 0. The molecule has 1 aliphatic carbocycles. The number of piperazine rings is 1.